The van der Waals surface area contributed by atoms with Crippen molar-refractivity contribution in [3.8, 4) is 11.5 Å². The molecule has 1 aromatic rings. The predicted octanol–water partition coefficient (Wildman–Crippen LogP) is 7.59. The van der Waals surface area contributed by atoms with Gasteiger partial charge in [-0.1, -0.05) is 108 Å². The summed E-state index contributed by atoms with van der Waals surface area (Å²) in [6.07, 6.45) is 2.39. The monoisotopic (exact) mass is 476 g/mol. The Labute approximate surface area is 183 Å². The van der Waals surface area contributed by atoms with Gasteiger partial charge in [0.2, 0.25) is 0 Å². The lowest BCUT2D eigenvalue weighted by molar-refractivity contribution is -0.114. The highest BCUT2D eigenvalue weighted by molar-refractivity contribution is 9.10. The second kappa shape index (κ2) is 8.85. The zero-order valence-electron chi connectivity index (χ0n) is 19.4. The van der Waals surface area contributed by atoms with Crippen LogP contribution in [0.1, 0.15) is 47.1 Å². The largest absolute Gasteiger partial charge is 0.295 e. The van der Waals surface area contributed by atoms with Gasteiger partial charge in [-0.3, -0.25) is 4.79 Å². The van der Waals surface area contributed by atoms with Gasteiger partial charge in [-0.05, 0) is 33.0 Å². The topological polar surface area (TPSA) is 17.1 Å². The van der Waals surface area contributed by atoms with Crippen molar-refractivity contribution in [1.82, 2.24) is 0 Å². The molecule has 0 fully saturated rings. The van der Waals surface area contributed by atoms with Gasteiger partial charge in [0.15, 0.2) is 5.78 Å². The third-order valence-electron chi connectivity index (χ3n) is 6.63. The van der Waals surface area contributed by atoms with Gasteiger partial charge in [0.05, 0.1) is 8.07 Å². The molecule has 1 rings (SSSR count). The summed E-state index contributed by atoms with van der Waals surface area (Å²) in [7, 11) is -3.71. The highest BCUT2D eigenvalue weighted by atomic mass is 79.9. The molecule has 0 aromatic heterocycles. The summed E-state index contributed by atoms with van der Waals surface area (Å²) in [4.78, 5) is 13.4. The van der Waals surface area contributed by atoms with Crippen LogP contribution in [-0.4, -0.2) is 21.9 Å². The quantitative estimate of drug-likeness (QED) is 0.248. The van der Waals surface area contributed by atoms with Crippen LogP contribution in [0.25, 0.3) is 0 Å². The van der Waals surface area contributed by atoms with Crippen LogP contribution in [0.2, 0.25) is 36.3 Å². The smallest absolute Gasteiger partial charge is 0.159 e. The molecule has 0 atom stereocenters. The fourth-order valence-corrected chi connectivity index (χ4v) is 5.66. The van der Waals surface area contributed by atoms with E-state index in [1.54, 1.807) is 0 Å². The molecule has 154 valence electrons. The molecular formula is C24H37BrOSi2. The first-order valence-electron chi connectivity index (χ1n) is 10.0. The van der Waals surface area contributed by atoms with E-state index in [2.05, 4.69) is 95.1 Å². The van der Waals surface area contributed by atoms with Crippen molar-refractivity contribution in [2.24, 2.45) is 0 Å². The fraction of sp³-hybridized carbons (Fsp3) is 0.542. The normalized spacial score (nSPS) is 13.8. The number of rotatable bonds is 4. The van der Waals surface area contributed by atoms with Crippen molar-refractivity contribution < 1.29 is 4.79 Å². The van der Waals surface area contributed by atoms with E-state index in [1.807, 2.05) is 30.3 Å². The Bertz CT molecular complexity index is 809. The number of Topliss-reactive ketones (excluding diaryl/α,β-unsaturated/α-hetero) is 1. The minimum Gasteiger partial charge on any atom is -0.295 e. The van der Waals surface area contributed by atoms with E-state index in [0.717, 1.165) is 15.2 Å². The van der Waals surface area contributed by atoms with Crippen LogP contribution in [0.3, 0.4) is 0 Å². The van der Waals surface area contributed by atoms with Crippen LogP contribution in [0, 0.1) is 11.5 Å². The van der Waals surface area contributed by atoms with Gasteiger partial charge in [-0.25, -0.2) is 0 Å². The lowest BCUT2D eigenvalue weighted by Gasteiger charge is -2.38. The Morgan fingerprint density at radius 3 is 2.00 bits per heavy atom. The molecule has 0 saturated heterocycles. The van der Waals surface area contributed by atoms with Crippen LogP contribution in [0.5, 0.6) is 0 Å². The third kappa shape index (κ3) is 6.05. The van der Waals surface area contributed by atoms with E-state index in [4.69, 9.17) is 0 Å². The Balaban J connectivity index is 3.40. The maximum Gasteiger partial charge on any atom is 0.159 e. The summed E-state index contributed by atoms with van der Waals surface area (Å²) in [5.41, 5.74) is 4.59. The molecule has 1 aromatic carbocycles. The zero-order chi connectivity index (χ0) is 22.0. The Morgan fingerprint density at radius 1 is 1.00 bits per heavy atom. The van der Waals surface area contributed by atoms with Crippen molar-refractivity contribution in [3.05, 3.63) is 45.6 Å². The molecule has 0 aliphatic heterocycles. The van der Waals surface area contributed by atoms with Crippen molar-refractivity contribution in [3.63, 3.8) is 0 Å². The van der Waals surface area contributed by atoms with Crippen molar-refractivity contribution in [1.29, 1.82) is 0 Å². The van der Waals surface area contributed by atoms with Crippen LogP contribution in [0.4, 0.5) is 0 Å². The Kier molecular flexibility index (Phi) is 7.95. The van der Waals surface area contributed by atoms with E-state index in [9.17, 15) is 4.79 Å². The van der Waals surface area contributed by atoms with E-state index in [0.29, 0.717) is 6.42 Å². The van der Waals surface area contributed by atoms with Crippen LogP contribution in [0.15, 0.2) is 40.0 Å². The summed E-state index contributed by atoms with van der Waals surface area (Å²) < 4.78 is 0.991. The number of carbonyl (C=O) groups excluding carboxylic acids is 1. The summed E-state index contributed by atoms with van der Waals surface area (Å²) in [5, 5.41) is 1.26. The summed E-state index contributed by atoms with van der Waals surface area (Å²) in [5.74, 6) is 3.55. The number of hydrogen-bond donors (Lipinski definition) is 0. The Morgan fingerprint density at radius 2 is 1.54 bits per heavy atom. The average molecular weight is 478 g/mol. The number of benzene rings is 1. The van der Waals surface area contributed by atoms with Gasteiger partial charge in [0, 0.05) is 10.9 Å². The number of hydrogen-bond acceptors (Lipinski definition) is 1. The van der Waals surface area contributed by atoms with E-state index < -0.39 is 16.1 Å². The van der Waals surface area contributed by atoms with Crippen molar-refractivity contribution in [2.75, 3.05) is 0 Å². The maximum absolute atomic E-state index is 13.4. The highest BCUT2D eigenvalue weighted by Crippen LogP contribution is 2.41. The first-order valence-corrected chi connectivity index (χ1v) is 16.8. The van der Waals surface area contributed by atoms with Crippen LogP contribution < -0.4 is 0 Å². The highest BCUT2D eigenvalue weighted by Gasteiger charge is 2.41. The van der Waals surface area contributed by atoms with Crippen LogP contribution in [-0.2, 0) is 11.2 Å². The first kappa shape index (κ1) is 25.1. The first-order chi connectivity index (χ1) is 12.5. The predicted molar refractivity (Wildman–Crippen MR) is 133 cm³/mol. The maximum atomic E-state index is 13.4. The molecule has 0 spiro atoms. The minimum atomic E-state index is -2.00. The standard InChI is InChI=1S/C24H37BrOSi2/c1-23(2,3)27(7,8)17-13-16-22(28(9,10)24(4,5)6)21(26)18-19-14-11-12-15-20(19)25/h11-12,14-16H,18H2,1-10H3/b22-16-. The van der Waals surface area contributed by atoms with E-state index >= 15 is 0 Å². The van der Waals surface area contributed by atoms with Gasteiger partial charge in [0.25, 0.3) is 0 Å². The molecule has 0 bridgehead atoms. The van der Waals surface area contributed by atoms with Gasteiger partial charge in [-0.15, -0.1) is 5.54 Å². The zero-order valence-corrected chi connectivity index (χ0v) is 23.0. The van der Waals surface area contributed by atoms with Crippen molar-refractivity contribution >= 4 is 37.9 Å². The third-order valence-corrected chi connectivity index (χ3v) is 17.4. The summed E-state index contributed by atoms with van der Waals surface area (Å²) >= 11 is 3.58. The lowest BCUT2D eigenvalue weighted by atomic mass is 10.1. The molecule has 0 aliphatic rings. The SMILES string of the molecule is CC(C)(C)[Si](C)(C)C#C/C=C(/C(=O)Cc1ccccc1Br)[Si](C)(C)C(C)(C)C. The average Bonchev–Trinajstić information content (AvgIpc) is 2.51. The van der Waals surface area contributed by atoms with Gasteiger partial charge < -0.3 is 0 Å². The molecule has 4 heteroatoms. The summed E-state index contributed by atoms with van der Waals surface area (Å²) in [6, 6.07) is 7.98. The van der Waals surface area contributed by atoms with Gasteiger partial charge >= 0.3 is 0 Å². The second-order valence-corrected chi connectivity index (χ2v) is 21.9. The lowest BCUT2D eigenvalue weighted by Crippen LogP contribution is -2.43. The molecule has 0 aliphatic carbocycles. The molecule has 0 radical (unpaired) electrons. The molecule has 0 saturated carbocycles. The molecule has 0 unspecified atom stereocenters. The van der Waals surface area contributed by atoms with Crippen LogP contribution >= 0.6 is 15.9 Å². The fourth-order valence-electron chi connectivity index (χ4n) is 2.40. The minimum absolute atomic E-state index is 0.0844. The number of halogens is 1. The molecular weight excluding hydrogens is 440 g/mol. The van der Waals surface area contributed by atoms with Gasteiger partial charge in [0.1, 0.15) is 8.07 Å². The molecule has 0 N–H and O–H groups in total. The molecule has 1 nitrogen and oxygen atoms in total. The second-order valence-electron chi connectivity index (χ2n) is 10.8. The Hall–Kier alpha value is -0.896. The molecule has 28 heavy (non-hydrogen) atoms. The number of carbonyl (C=O) groups is 1. The summed E-state index contributed by atoms with van der Waals surface area (Å²) in [6.45, 7) is 22.8. The van der Waals surface area contributed by atoms with E-state index in [1.165, 1.54) is 0 Å². The van der Waals surface area contributed by atoms with Gasteiger partial charge in [-0.2, -0.15) is 0 Å². The number of ketones is 1. The molecule has 0 amide bonds. The molecule has 0 heterocycles. The number of allylic oxidation sites excluding steroid dienone is 2. The van der Waals surface area contributed by atoms with Crippen molar-refractivity contribution in [2.45, 2.75) is 84.2 Å². The van der Waals surface area contributed by atoms with E-state index in [-0.39, 0.29) is 15.9 Å².